The summed E-state index contributed by atoms with van der Waals surface area (Å²) in [5.41, 5.74) is 0.875. The summed E-state index contributed by atoms with van der Waals surface area (Å²) >= 11 is 5.58. The molecular weight excluding hydrogens is 150 g/mol. The number of aromatic nitrogens is 2. The third-order valence-corrected chi connectivity index (χ3v) is 1.13. The minimum atomic E-state index is 0.620. The first-order valence-electron chi connectivity index (χ1n) is 2.92. The van der Waals surface area contributed by atoms with Crippen LogP contribution in [0.5, 0.6) is 0 Å². The van der Waals surface area contributed by atoms with Crippen LogP contribution < -0.4 is 0 Å². The summed E-state index contributed by atoms with van der Waals surface area (Å²) in [6.45, 7) is 0.620. The van der Waals surface area contributed by atoms with Gasteiger partial charge in [0.1, 0.15) is 0 Å². The van der Waals surface area contributed by atoms with Crippen LogP contribution >= 0.6 is 11.8 Å². The average molecular weight is 158 g/mol. The van der Waals surface area contributed by atoms with E-state index < -0.39 is 0 Å². The number of rotatable bonds is 2. The van der Waals surface area contributed by atoms with Gasteiger partial charge >= 0.3 is 0 Å². The fourth-order valence-electron chi connectivity index (χ4n) is 0.641. The Morgan fingerprint density at radius 1 is 1.70 bits per heavy atom. The molecule has 0 bridgehead atoms. The molecule has 0 aromatic carbocycles. The standard InChI is InChI=1S/C6H8ClN3/c1-10(7)5-6-3-2-4-8-9-6/h2-4H,5H2,1H3. The first kappa shape index (κ1) is 7.44. The maximum atomic E-state index is 5.58. The van der Waals surface area contributed by atoms with E-state index in [0.29, 0.717) is 6.54 Å². The molecule has 1 aromatic heterocycles. The normalized spacial score (nSPS) is 10.3. The zero-order chi connectivity index (χ0) is 7.40. The molecule has 0 atom stereocenters. The Morgan fingerprint density at radius 2 is 2.50 bits per heavy atom. The van der Waals surface area contributed by atoms with E-state index in [1.54, 1.807) is 13.2 Å². The molecule has 54 valence electrons. The van der Waals surface area contributed by atoms with Crippen molar-refractivity contribution in [1.82, 2.24) is 14.6 Å². The highest BCUT2D eigenvalue weighted by atomic mass is 35.5. The van der Waals surface area contributed by atoms with Crippen LogP contribution in [-0.2, 0) is 6.54 Å². The molecule has 0 aliphatic heterocycles. The molecule has 0 saturated carbocycles. The van der Waals surface area contributed by atoms with Crippen LogP contribution in [0.25, 0.3) is 0 Å². The number of hydrogen-bond donors (Lipinski definition) is 0. The Labute approximate surface area is 64.7 Å². The molecule has 0 amide bonds. The third-order valence-electron chi connectivity index (χ3n) is 1.01. The molecule has 0 aliphatic rings. The lowest BCUT2D eigenvalue weighted by Crippen LogP contribution is -2.05. The molecule has 1 aromatic rings. The van der Waals surface area contributed by atoms with Crippen molar-refractivity contribution in [3.05, 3.63) is 24.0 Å². The van der Waals surface area contributed by atoms with Crippen LogP contribution in [0, 0.1) is 0 Å². The number of nitrogens with zero attached hydrogens (tertiary/aromatic N) is 3. The van der Waals surface area contributed by atoms with Crippen molar-refractivity contribution >= 4 is 11.8 Å². The van der Waals surface area contributed by atoms with Gasteiger partial charge in [0.15, 0.2) is 0 Å². The molecule has 0 fully saturated rings. The maximum Gasteiger partial charge on any atom is 0.0784 e. The predicted molar refractivity (Wildman–Crippen MR) is 39.4 cm³/mol. The van der Waals surface area contributed by atoms with Crippen LogP contribution in [0.4, 0.5) is 0 Å². The molecule has 0 N–H and O–H groups in total. The van der Waals surface area contributed by atoms with E-state index in [4.69, 9.17) is 11.8 Å². The summed E-state index contributed by atoms with van der Waals surface area (Å²) in [4.78, 5) is 0. The van der Waals surface area contributed by atoms with Gasteiger partial charge in [-0.2, -0.15) is 10.2 Å². The molecule has 4 heteroatoms. The molecule has 1 heterocycles. The summed E-state index contributed by atoms with van der Waals surface area (Å²) in [7, 11) is 1.77. The van der Waals surface area contributed by atoms with Crippen molar-refractivity contribution in [2.45, 2.75) is 6.54 Å². The second kappa shape index (κ2) is 3.49. The Kier molecular flexibility index (Phi) is 2.59. The van der Waals surface area contributed by atoms with E-state index in [1.807, 2.05) is 12.1 Å². The van der Waals surface area contributed by atoms with E-state index >= 15 is 0 Å². The fourth-order valence-corrected chi connectivity index (χ4v) is 0.763. The summed E-state index contributed by atoms with van der Waals surface area (Å²) in [6, 6.07) is 3.72. The number of hydrogen-bond acceptors (Lipinski definition) is 3. The molecule has 0 saturated heterocycles. The van der Waals surface area contributed by atoms with E-state index in [0.717, 1.165) is 5.69 Å². The van der Waals surface area contributed by atoms with Gasteiger partial charge in [0, 0.05) is 13.2 Å². The van der Waals surface area contributed by atoms with E-state index in [1.165, 1.54) is 4.42 Å². The quantitative estimate of drug-likeness (QED) is 0.602. The van der Waals surface area contributed by atoms with Gasteiger partial charge in [-0.1, -0.05) is 0 Å². The van der Waals surface area contributed by atoms with Crippen LogP contribution in [0.1, 0.15) is 5.69 Å². The van der Waals surface area contributed by atoms with E-state index in [-0.39, 0.29) is 0 Å². The molecule has 0 spiro atoms. The predicted octanol–water partition coefficient (Wildman–Crippen LogP) is 1.06. The van der Waals surface area contributed by atoms with Gasteiger partial charge < -0.3 is 0 Å². The zero-order valence-corrected chi connectivity index (χ0v) is 6.41. The van der Waals surface area contributed by atoms with Gasteiger partial charge in [0.05, 0.1) is 12.2 Å². The van der Waals surface area contributed by atoms with Crippen molar-refractivity contribution < 1.29 is 0 Å². The summed E-state index contributed by atoms with van der Waals surface area (Å²) < 4.78 is 1.53. The zero-order valence-electron chi connectivity index (χ0n) is 5.66. The Morgan fingerprint density at radius 3 is 3.00 bits per heavy atom. The minimum absolute atomic E-state index is 0.620. The van der Waals surface area contributed by atoms with Gasteiger partial charge in [-0.15, -0.1) is 0 Å². The van der Waals surface area contributed by atoms with Crippen LogP contribution in [0.3, 0.4) is 0 Å². The van der Waals surface area contributed by atoms with Crippen LogP contribution in [0.2, 0.25) is 0 Å². The highest BCUT2D eigenvalue weighted by Gasteiger charge is 1.95. The van der Waals surface area contributed by atoms with Gasteiger partial charge in [0.25, 0.3) is 0 Å². The summed E-state index contributed by atoms with van der Waals surface area (Å²) in [5, 5.41) is 7.55. The number of halogens is 1. The topological polar surface area (TPSA) is 29.0 Å². The highest BCUT2D eigenvalue weighted by molar-refractivity contribution is 6.13. The van der Waals surface area contributed by atoms with E-state index in [2.05, 4.69) is 10.2 Å². The molecule has 10 heavy (non-hydrogen) atoms. The van der Waals surface area contributed by atoms with E-state index in [9.17, 15) is 0 Å². The lowest BCUT2D eigenvalue weighted by molar-refractivity contribution is 0.531. The second-order valence-corrected chi connectivity index (χ2v) is 2.55. The molecule has 1 rings (SSSR count). The molecule has 0 aliphatic carbocycles. The fraction of sp³-hybridized carbons (Fsp3) is 0.333. The largest absolute Gasteiger partial charge is 0.217 e. The van der Waals surface area contributed by atoms with Crippen molar-refractivity contribution in [2.75, 3.05) is 7.05 Å². The van der Waals surface area contributed by atoms with Gasteiger partial charge in [0.2, 0.25) is 0 Å². The second-order valence-electron chi connectivity index (χ2n) is 1.98. The molecule has 0 unspecified atom stereocenters. The SMILES string of the molecule is CN(Cl)Cc1cccnn1. The van der Waals surface area contributed by atoms with Gasteiger partial charge in [-0.25, -0.2) is 4.42 Å². The van der Waals surface area contributed by atoms with Crippen molar-refractivity contribution in [3.8, 4) is 0 Å². The molecule has 3 nitrogen and oxygen atoms in total. The first-order chi connectivity index (χ1) is 4.79. The van der Waals surface area contributed by atoms with Crippen molar-refractivity contribution in [3.63, 3.8) is 0 Å². The lowest BCUT2D eigenvalue weighted by atomic mass is 10.4. The smallest absolute Gasteiger partial charge is 0.0784 e. The molecular formula is C6H8ClN3. The van der Waals surface area contributed by atoms with Crippen LogP contribution in [0.15, 0.2) is 18.3 Å². The van der Waals surface area contributed by atoms with Gasteiger partial charge in [-0.3, -0.25) is 0 Å². The molecule has 0 radical (unpaired) electrons. The highest BCUT2D eigenvalue weighted by Crippen LogP contribution is 1.98. The Bertz CT molecular complexity index is 187. The Balaban J connectivity index is 2.59. The summed E-state index contributed by atoms with van der Waals surface area (Å²) in [5.74, 6) is 0. The first-order valence-corrected chi connectivity index (χ1v) is 3.26. The maximum absolute atomic E-state index is 5.58. The Hall–Kier alpha value is -0.670. The monoisotopic (exact) mass is 157 g/mol. The van der Waals surface area contributed by atoms with Crippen molar-refractivity contribution in [2.24, 2.45) is 0 Å². The minimum Gasteiger partial charge on any atom is -0.217 e. The van der Waals surface area contributed by atoms with Crippen molar-refractivity contribution in [1.29, 1.82) is 0 Å². The average Bonchev–Trinajstić information content (AvgIpc) is 1.88. The van der Waals surface area contributed by atoms with Crippen LogP contribution in [-0.4, -0.2) is 21.7 Å². The third kappa shape index (κ3) is 2.29. The summed E-state index contributed by atoms with van der Waals surface area (Å²) in [6.07, 6.45) is 1.64. The lowest BCUT2D eigenvalue weighted by Gasteiger charge is -2.03. The van der Waals surface area contributed by atoms with Gasteiger partial charge in [-0.05, 0) is 23.9 Å².